The summed E-state index contributed by atoms with van der Waals surface area (Å²) in [7, 11) is 0. The van der Waals surface area contributed by atoms with Crippen LogP contribution in [0.15, 0.2) is 36.8 Å². The lowest BCUT2D eigenvalue weighted by Gasteiger charge is -2.21. The highest BCUT2D eigenvalue weighted by atomic mass is 16.6. The summed E-state index contributed by atoms with van der Waals surface area (Å²) >= 11 is 0. The first kappa shape index (κ1) is 23.4. The highest BCUT2D eigenvalue weighted by Gasteiger charge is 2.23. The summed E-state index contributed by atoms with van der Waals surface area (Å²) < 4.78 is 6.82. The van der Waals surface area contributed by atoms with Crippen molar-refractivity contribution in [2.45, 2.75) is 45.4 Å². The van der Waals surface area contributed by atoms with Gasteiger partial charge in [0.2, 0.25) is 5.91 Å². The summed E-state index contributed by atoms with van der Waals surface area (Å²) in [5.41, 5.74) is 1.34. The fourth-order valence-corrected chi connectivity index (χ4v) is 2.63. The van der Waals surface area contributed by atoms with Crippen molar-refractivity contribution in [1.82, 2.24) is 20.2 Å². The minimum Gasteiger partial charge on any atom is -0.480 e. The lowest BCUT2D eigenvalue weighted by molar-refractivity contribution is -0.141. The molecule has 0 aliphatic rings. The van der Waals surface area contributed by atoms with E-state index in [4.69, 9.17) is 10.00 Å². The van der Waals surface area contributed by atoms with Crippen LogP contribution in [0.1, 0.15) is 37.6 Å². The summed E-state index contributed by atoms with van der Waals surface area (Å²) in [6.07, 6.45) is 2.23. The van der Waals surface area contributed by atoms with Gasteiger partial charge in [0.05, 0.1) is 30.9 Å². The molecule has 1 aromatic heterocycles. The van der Waals surface area contributed by atoms with Crippen molar-refractivity contribution in [1.29, 1.82) is 5.26 Å². The van der Waals surface area contributed by atoms with Crippen molar-refractivity contribution in [3.63, 3.8) is 0 Å². The number of carbonyl (C=O) groups excluding carboxylic acids is 2. The molecule has 0 radical (unpaired) electrons. The van der Waals surface area contributed by atoms with E-state index in [-0.39, 0.29) is 13.0 Å². The van der Waals surface area contributed by atoms with E-state index in [1.54, 1.807) is 43.8 Å². The van der Waals surface area contributed by atoms with Gasteiger partial charge in [-0.15, -0.1) is 0 Å². The van der Waals surface area contributed by atoms with E-state index in [1.165, 1.54) is 6.20 Å². The summed E-state index contributed by atoms with van der Waals surface area (Å²) in [6.45, 7) is 5.18. The zero-order valence-corrected chi connectivity index (χ0v) is 17.6. The molecular formula is C21H25N5O5. The largest absolute Gasteiger partial charge is 0.480 e. The second-order valence-corrected chi connectivity index (χ2v) is 7.84. The highest BCUT2D eigenvalue weighted by molar-refractivity contribution is 5.85. The van der Waals surface area contributed by atoms with E-state index in [0.29, 0.717) is 17.8 Å². The van der Waals surface area contributed by atoms with Gasteiger partial charge in [0, 0.05) is 18.4 Å². The second-order valence-electron chi connectivity index (χ2n) is 7.84. The summed E-state index contributed by atoms with van der Waals surface area (Å²) in [4.78, 5) is 39.6. The van der Waals surface area contributed by atoms with Gasteiger partial charge in [0.25, 0.3) is 0 Å². The Morgan fingerprint density at radius 2 is 1.94 bits per heavy atom. The number of carboxylic acid groups (broad SMARTS) is 1. The predicted octanol–water partition coefficient (Wildman–Crippen LogP) is 1.44. The third-order valence-corrected chi connectivity index (χ3v) is 4.06. The number of ether oxygens (including phenoxy) is 1. The number of benzene rings is 1. The lowest BCUT2D eigenvalue weighted by atomic mass is 10.1. The molecule has 0 saturated heterocycles. The molecule has 0 aliphatic carbocycles. The summed E-state index contributed by atoms with van der Waals surface area (Å²) in [5.74, 6) is -1.81. The Bertz CT molecular complexity index is 969. The Morgan fingerprint density at radius 1 is 1.26 bits per heavy atom. The van der Waals surface area contributed by atoms with Crippen molar-refractivity contribution in [2.24, 2.45) is 0 Å². The number of imidazole rings is 1. The Labute approximate surface area is 179 Å². The molecule has 2 rings (SSSR count). The zero-order chi connectivity index (χ0) is 23.0. The molecule has 1 atom stereocenters. The molecule has 31 heavy (non-hydrogen) atoms. The van der Waals surface area contributed by atoms with Crippen LogP contribution >= 0.6 is 0 Å². The van der Waals surface area contributed by atoms with Crippen molar-refractivity contribution in [3.05, 3.63) is 53.6 Å². The van der Waals surface area contributed by atoms with Gasteiger partial charge in [-0.25, -0.2) is 14.6 Å². The summed E-state index contributed by atoms with van der Waals surface area (Å²) in [6, 6.07) is 7.77. The number of nitrogens with one attached hydrogen (secondary N) is 2. The number of amides is 2. The first-order valence-corrected chi connectivity index (χ1v) is 9.54. The smallest absolute Gasteiger partial charge is 0.407 e. The first-order valence-electron chi connectivity index (χ1n) is 9.54. The number of hydrogen-bond acceptors (Lipinski definition) is 6. The van der Waals surface area contributed by atoms with Crippen LogP contribution in [0.2, 0.25) is 0 Å². The van der Waals surface area contributed by atoms with Crippen molar-refractivity contribution in [3.8, 4) is 6.07 Å². The zero-order valence-electron chi connectivity index (χ0n) is 17.6. The SMILES string of the molecule is CC(C)(C)OC(=O)NCC(NC(=O)Cc1cncn1Cc1ccc(C#N)cc1)C(=O)O. The summed E-state index contributed by atoms with van der Waals surface area (Å²) in [5, 5.41) is 22.9. The van der Waals surface area contributed by atoms with Crippen molar-refractivity contribution < 1.29 is 24.2 Å². The van der Waals surface area contributed by atoms with Gasteiger partial charge in [-0.3, -0.25) is 4.79 Å². The standard InChI is InChI=1S/C21H25N5O5/c1-21(2,3)31-20(30)24-11-17(19(28)29)25-18(27)8-16-10-23-13-26(16)12-15-6-4-14(9-22)5-7-15/h4-7,10,13,17H,8,11-12H2,1-3H3,(H,24,30)(H,25,27)(H,28,29). The lowest BCUT2D eigenvalue weighted by Crippen LogP contribution is -2.49. The molecule has 1 unspecified atom stereocenters. The molecule has 0 aliphatic heterocycles. The monoisotopic (exact) mass is 427 g/mol. The molecule has 0 bridgehead atoms. The number of aliphatic carboxylic acids is 1. The van der Waals surface area contributed by atoms with Gasteiger partial charge < -0.3 is 25.0 Å². The van der Waals surface area contributed by atoms with E-state index in [0.717, 1.165) is 5.56 Å². The molecule has 3 N–H and O–H groups in total. The number of hydrogen-bond donors (Lipinski definition) is 3. The molecule has 1 aromatic carbocycles. The Balaban J connectivity index is 1.94. The van der Waals surface area contributed by atoms with Gasteiger partial charge in [0.15, 0.2) is 0 Å². The molecule has 10 nitrogen and oxygen atoms in total. The average molecular weight is 427 g/mol. The first-order chi connectivity index (χ1) is 14.6. The maximum absolute atomic E-state index is 12.4. The molecule has 10 heteroatoms. The van der Waals surface area contributed by atoms with Crippen molar-refractivity contribution >= 4 is 18.0 Å². The van der Waals surface area contributed by atoms with Gasteiger partial charge >= 0.3 is 12.1 Å². The second kappa shape index (κ2) is 10.2. The number of alkyl carbamates (subject to hydrolysis) is 1. The maximum Gasteiger partial charge on any atom is 0.407 e. The van der Waals surface area contributed by atoms with Crippen LogP contribution in [0.5, 0.6) is 0 Å². The minimum atomic E-state index is -1.31. The van der Waals surface area contributed by atoms with E-state index in [2.05, 4.69) is 21.7 Å². The molecule has 164 valence electrons. The third-order valence-electron chi connectivity index (χ3n) is 4.06. The fraction of sp³-hybridized carbons (Fsp3) is 0.381. The Hall–Kier alpha value is -3.87. The minimum absolute atomic E-state index is 0.0908. The van der Waals surface area contributed by atoms with Crippen LogP contribution in [0.25, 0.3) is 0 Å². The van der Waals surface area contributed by atoms with Crippen LogP contribution in [0, 0.1) is 11.3 Å². The molecule has 0 fully saturated rings. The van der Waals surface area contributed by atoms with Crippen LogP contribution in [0.4, 0.5) is 4.79 Å². The molecular weight excluding hydrogens is 402 g/mol. The maximum atomic E-state index is 12.4. The normalized spacial score (nSPS) is 11.8. The predicted molar refractivity (Wildman–Crippen MR) is 110 cm³/mol. The molecule has 0 spiro atoms. The topological polar surface area (TPSA) is 146 Å². The van der Waals surface area contributed by atoms with Gasteiger partial charge in [0.1, 0.15) is 11.6 Å². The Kier molecular flexibility index (Phi) is 7.74. The van der Waals surface area contributed by atoms with Crippen LogP contribution < -0.4 is 10.6 Å². The number of nitrogens with zero attached hydrogens (tertiary/aromatic N) is 3. The van der Waals surface area contributed by atoms with Gasteiger partial charge in [-0.2, -0.15) is 5.26 Å². The van der Waals surface area contributed by atoms with E-state index < -0.39 is 29.6 Å². The number of carbonyl (C=O) groups is 3. The molecule has 2 amide bonds. The van der Waals surface area contributed by atoms with Gasteiger partial charge in [-0.05, 0) is 38.5 Å². The highest BCUT2D eigenvalue weighted by Crippen LogP contribution is 2.09. The number of rotatable bonds is 8. The van der Waals surface area contributed by atoms with E-state index in [1.807, 2.05) is 12.1 Å². The fourth-order valence-electron chi connectivity index (χ4n) is 2.63. The molecule has 0 saturated carbocycles. The van der Waals surface area contributed by atoms with Crippen LogP contribution in [-0.4, -0.2) is 50.8 Å². The van der Waals surface area contributed by atoms with Crippen LogP contribution in [0.3, 0.4) is 0 Å². The van der Waals surface area contributed by atoms with Crippen molar-refractivity contribution in [2.75, 3.05) is 6.54 Å². The number of nitriles is 1. The number of carboxylic acids is 1. The van der Waals surface area contributed by atoms with E-state index in [9.17, 15) is 19.5 Å². The molecule has 1 heterocycles. The Morgan fingerprint density at radius 3 is 2.52 bits per heavy atom. The van der Waals surface area contributed by atoms with Crippen LogP contribution in [-0.2, 0) is 27.3 Å². The quantitative estimate of drug-likeness (QED) is 0.577. The van der Waals surface area contributed by atoms with E-state index >= 15 is 0 Å². The average Bonchev–Trinajstić information content (AvgIpc) is 3.10. The number of aromatic nitrogens is 2. The third kappa shape index (κ3) is 7.81. The van der Waals surface area contributed by atoms with Gasteiger partial charge in [-0.1, -0.05) is 12.1 Å². The molecule has 2 aromatic rings.